The standard InChI is InChI=1S/C14H13BrF3NO3/c15-8-1-2-9-12(22-6-21-9)7(8)5-19-3-4-20-13-10(11(13)19)14(16,17)18/h1-2,10-11,13H,3-6H2/t10-,11-,13+/m0/s1. The molecule has 0 amide bonds. The second kappa shape index (κ2) is 5.01. The maximum atomic E-state index is 13.0. The molecular weight excluding hydrogens is 367 g/mol. The predicted molar refractivity (Wildman–Crippen MR) is 73.7 cm³/mol. The van der Waals surface area contributed by atoms with Gasteiger partial charge in [-0.1, -0.05) is 15.9 Å². The van der Waals surface area contributed by atoms with Gasteiger partial charge in [0.25, 0.3) is 0 Å². The van der Waals surface area contributed by atoms with Gasteiger partial charge < -0.3 is 14.2 Å². The van der Waals surface area contributed by atoms with E-state index in [1.54, 1.807) is 6.07 Å². The SMILES string of the molecule is FC(F)(F)[C@@H]1[C@H]2OCCN(Cc3c(Br)ccc4c3OCO4)[C@H]21. The minimum Gasteiger partial charge on any atom is -0.454 e. The third-order valence-corrected chi connectivity index (χ3v) is 5.10. The molecule has 8 heteroatoms. The maximum absolute atomic E-state index is 13.0. The van der Waals surface area contributed by atoms with E-state index in [0.29, 0.717) is 31.2 Å². The van der Waals surface area contributed by atoms with Gasteiger partial charge in [-0.2, -0.15) is 13.2 Å². The number of benzene rings is 1. The average Bonchev–Trinajstić information content (AvgIpc) is 3.03. The molecule has 2 aliphatic heterocycles. The molecule has 3 atom stereocenters. The van der Waals surface area contributed by atoms with Crippen LogP contribution >= 0.6 is 15.9 Å². The van der Waals surface area contributed by atoms with Gasteiger partial charge >= 0.3 is 6.18 Å². The lowest BCUT2D eigenvalue weighted by Gasteiger charge is -2.27. The van der Waals surface area contributed by atoms with Crippen LogP contribution in [0.5, 0.6) is 11.5 Å². The molecular formula is C14H13BrF3NO3. The van der Waals surface area contributed by atoms with Crippen molar-refractivity contribution in [3.63, 3.8) is 0 Å². The number of rotatable bonds is 2. The van der Waals surface area contributed by atoms with Gasteiger partial charge in [0.1, 0.15) is 5.92 Å². The molecule has 0 bridgehead atoms. The van der Waals surface area contributed by atoms with E-state index < -0.39 is 24.2 Å². The lowest BCUT2D eigenvalue weighted by Crippen LogP contribution is -2.36. The van der Waals surface area contributed by atoms with Crippen LogP contribution in [0.1, 0.15) is 5.56 Å². The summed E-state index contributed by atoms with van der Waals surface area (Å²) in [6, 6.07) is 3.02. The largest absolute Gasteiger partial charge is 0.454 e. The zero-order valence-electron chi connectivity index (χ0n) is 11.4. The van der Waals surface area contributed by atoms with Crippen molar-refractivity contribution < 1.29 is 27.4 Å². The zero-order valence-corrected chi connectivity index (χ0v) is 13.0. The molecule has 1 saturated carbocycles. The molecule has 4 nitrogen and oxygen atoms in total. The lowest BCUT2D eigenvalue weighted by molar-refractivity contribution is -0.157. The summed E-state index contributed by atoms with van der Waals surface area (Å²) in [5.74, 6) is -0.143. The Kier molecular flexibility index (Phi) is 3.32. The molecule has 1 saturated heterocycles. The highest BCUT2D eigenvalue weighted by Gasteiger charge is 2.68. The molecule has 1 aromatic carbocycles. The van der Waals surface area contributed by atoms with Crippen molar-refractivity contribution in [3.05, 3.63) is 22.2 Å². The second-order valence-electron chi connectivity index (χ2n) is 5.62. The van der Waals surface area contributed by atoms with Gasteiger partial charge in [0.2, 0.25) is 6.79 Å². The summed E-state index contributed by atoms with van der Waals surface area (Å²) >= 11 is 3.45. The number of nitrogens with zero attached hydrogens (tertiary/aromatic N) is 1. The molecule has 0 radical (unpaired) electrons. The molecule has 1 aromatic rings. The van der Waals surface area contributed by atoms with E-state index in [9.17, 15) is 13.2 Å². The van der Waals surface area contributed by atoms with Crippen LogP contribution in [0.15, 0.2) is 16.6 Å². The molecule has 4 rings (SSSR count). The number of morpholine rings is 1. The van der Waals surface area contributed by atoms with Gasteiger partial charge in [0, 0.05) is 23.1 Å². The molecule has 0 unspecified atom stereocenters. The first kappa shape index (κ1) is 14.6. The van der Waals surface area contributed by atoms with Crippen LogP contribution in [0.3, 0.4) is 0 Å². The Balaban J connectivity index is 1.58. The Labute approximate surface area is 133 Å². The van der Waals surface area contributed by atoms with Crippen LogP contribution < -0.4 is 9.47 Å². The van der Waals surface area contributed by atoms with Crippen LogP contribution in [0.25, 0.3) is 0 Å². The third-order valence-electron chi connectivity index (χ3n) is 4.35. The van der Waals surface area contributed by atoms with Gasteiger partial charge in [0.15, 0.2) is 11.5 Å². The van der Waals surface area contributed by atoms with E-state index in [4.69, 9.17) is 14.2 Å². The Bertz CT molecular complexity index is 610. The number of hydrogen-bond acceptors (Lipinski definition) is 4. The minimum atomic E-state index is -4.21. The van der Waals surface area contributed by atoms with Crippen LogP contribution in [0, 0.1) is 5.92 Å². The van der Waals surface area contributed by atoms with Gasteiger partial charge in [-0.3, -0.25) is 4.90 Å². The number of hydrogen-bond donors (Lipinski definition) is 0. The Morgan fingerprint density at radius 3 is 2.86 bits per heavy atom. The van der Waals surface area contributed by atoms with E-state index in [0.717, 1.165) is 10.0 Å². The summed E-state index contributed by atoms with van der Waals surface area (Å²) in [5.41, 5.74) is 0.823. The highest BCUT2D eigenvalue weighted by atomic mass is 79.9. The van der Waals surface area contributed by atoms with Gasteiger partial charge in [-0.15, -0.1) is 0 Å². The zero-order chi connectivity index (χ0) is 15.5. The van der Waals surface area contributed by atoms with Gasteiger partial charge in [-0.25, -0.2) is 0 Å². The topological polar surface area (TPSA) is 30.9 Å². The number of alkyl halides is 3. The minimum absolute atomic E-state index is 0.138. The molecule has 0 spiro atoms. The van der Waals surface area contributed by atoms with Gasteiger partial charge in [-0.05, 0) is 12.1 Å². The van der Waals surface area contributed by atoms with E-state index in [-0.39, 0.29) is 6.79 Å². The van der Waals surface area contributed by atoms with Crippen LogP contribution in [-0.2, 0) is 11.3 Å². The van der Waals surface area contributed by atoms with Crippen LogP contribution in [0.4, 0.5) is 13.2 Å². The number of fused-ring (bicyclic) bond motifs is 2. The molecule has 3 aliphatic rings. The summed E-state index contributed by atoms with van der Waals surface area (Å²) in [6.45, 7) is 1.31. The van der Waals surface area contributed by atoms with Crippen molar-refractivity contribution >= 4 is 15.9 Å². The normalized spacial score (nSPS) is 30.3. The van der Waals surface area contributed by atoms with Crippen LogP contribution in [0.2, 0.25) is 0 Å². The number of halogens is 4. The first-order valence-electron chi connectivity index (χ1n) is 6.96. The molecule has 2 fully saturated rings. The van der Waals surface area contributed by atoms with Crippen LogP contribution in [-0.4, -0.2) is 43.2 Å². The monoisotopic (exact) mass is 379 g/mol. The maximum Gasteiger partial charge on any atom is 0.395 e. The molecule has 22 heavy (non-hydrogen) atoms. The first-order valence-corrected chi connectivity index (χ1v) is 7.75. The summed E-state index contributed by atoms with van der Waals surface area (Å²) in [5, 5.41) is 0. The first-order chi connectivity index (χ1) is 10.5. The fourth-order valence-corrected chi connectivity index (χ4v) is 3.72. The number of ether oxygens (including phenoxy) is 3. The highest BCUT2D eigenvalue weighted by molar-refractivity contribution is 9.10. The van der Waals surface area contributed by atoms with E-state index >= 15 is 0 Å². The molecule has 1 aliphatic carbocycles. The average molecular weight is 380 g/mol. The van der Waals surface area contributed by atoms with Gasteiger partial charge in [0.05, 0.1) is 18.8 Å². The summed E-state index contributed by atoms with van der Waals surface area (Å²) in [6.07, 6.45) is -4.95. The third kappa shape index (κ3) is 2.28. The second-order valence-corrected chi connectivity index (χ2v) is 6.48. The van der Waals surface area contributed by atoms with Crippen molar-refractivity contribution in [1.82, 2.24) is 4.90 Å². The molecule has 2 heterocycles. The van der Waals surface area contributed by atoms with Crippen molar-refractivity contribution in [3.8, 4) is 11.5 Å². The Hall–Kier alpha value is -0.990. The van der Waals surface area contributed by atoms with E-state index in [1.807, 2.05) is 11.0 Å². The fourth-order valence-electron chi connectivity index (χ4n) is 3.28. The molecule has 0 aromatic heterocycles. The summed E-state index contributed by atoms with van der Waals surface area (Å²) in [7, 11) is 0. The fraction of sp³-hybridized carbons (Fsp3) is 0.571. The lowest BCUT2D eigenvalue weighted by atomic mass is 10.1. The van der Waals surface area contributed by atoms with E-state index in [1.165, 1.54) is 0 Å². The molecule has 120 valence electrons. The van der Waals surface area contributed by atoms with Crippen molar-refractivity contribution in [1.29, 1.82) is 0 Å². The smallest absolute Gasteiger partial charge is 0.395 e. The Morgan fingerprint density at radius 1 is 1.27 bits per heavy atom. The summed E-state index contributed by atoms with van der Waals surface area (Å²) in [4.78, 5) is 1.83. The van der Waals surface area contributed by atoms with Crippen molar-refractivity contribution in [2.75, 3.05) is 19.9 Å². The highest BCUT2D eigenvalue weighted by Crippen LogP contribution is 2.52. The summed E-state index contributed by atoms with van der Waals surface area (Å²) < 4.78 is 55.8. The van der Waals surface area contributed by atoms with Crippen molar-refractivity contribution in [2.45, 2.75) is 24.9 Å². The van der Waals surface area contributed by atoms with E-state index in [2.05, 4.69) is 15.9 Å². The quantitative estimate of drug-likeness (QED) is 0.790. The Morgan fingerprint density at radius 2 is 2.09 bits per heavy atom. The van der Waals surface area contributed by atoms with Crippen molar-refractivity contribution in [2.24, 2.45) is 5.92 Å². The predicted octanol–water partition coefficient (Wildman–Crippen LogP) is 2.94. The molecule has 0 N–H and O–H groups in total.